The van der Waals surface area contributed by atoms with E-state index >= 15 is 0 Å². The van der Waals surface area contributed by atoms with E-state index in [1.807, 2.05) is 91.3 Å². The number of nitrogens with zero attached hydrogens (tertiary/aromatic N) is 3. The Kier molecular flexibility index (Phi) is 5.51. The van der Waals surface area contributed by atoms with Crippen molar-refractivity contribution >= 4 is 17.5 Å². The maximum atomic E-state index is 14.2. The number of aryl methyl sites for hydroxylation is 1. The van der Waals surface area contributed by atoms with Crippen LogP contribution in [0, 0.1) is 5.92 Å². The Hall–Kier alpha value is -4.77. The minimum Gasteiger partial charge on any atom is -0.315 e. The lowest BCUT2D eigenvalue weighted by Gasteiger charge is -2.40. The molecule has 2 aliphatic rings. The number of rotatable bonds is 5. The van der Waals surface area contributed by atoms with Gasteiger partial charge in [0.15, 0.2) is 0 Å². The molecular formula is C34H27N3O2. The van der Waals surface area contributed by atoms with Gasteiger partial charge < -0.3 is 4.57 Å². The van der Waals surface area contributed by atoms with E-state index in [1.165, 1.54) is 4.90 Å². The van der Waals surface area contributed by atoms with Crippen LogP contribution in [-0.2, 0) is 21.5 Å². The summed E-state index contributed by atoms with van der Waals surface area (Å²) in [5.74, 6) is -1.32. The summed E-state index contributed by atoms with van der Waals surface area (Å²) in [6.07, 6.45) is 3.14. The maximum Gasteiger partial charge on any atom is 0.243 e. The van der Waals surface area contributed by atoms with Crippen molar-refractivity contribution in [2.75, 3.05) is 4.90 Å². The zero-order valence-electron chi connectivity index (χ0n) is 21.4. The molecule has 5 nitrogen and oxygen atoms in total. The van der Waals surface area contributed by atoms with Gasteiger partial charge in [-0.1, -0.05) is 109 Å². The molecule has 5 aromatic rings. The summed E-state index contributed by atoms with van der Waals surface area (Å²) in [6.45, 7) is 0. The molecule has 190 valence electrons. The number of para-hydroxylation sites is 1. The van der Waals surface area contributed by atoms with Gasteiger partial charge >= 0.3 is 0 Å². The number of anilines is 1. The summed E-state index contributed by atoms with van der Waals surface area (Å²) in [7, 11) is 0. The van der Waals surface area contributed by atoms with Crippen LogP contribution in [0.3, 0.4) is 0 Å². The topological polar surface area (TPSA) is 55.2 Å². The van der Waals surface area contributed by atoms with Gasteiger partial charge in [0, 0.05) is 0 Å². The van der Waals surface area contributed by atoms with E-state index in [1.54, 1.807) is 0 Å². The fourth-order valence-electron chi connectivity index (χ4n) is 6.59. The molecule has 2 atom stereocenters. The van der Waals surface area contributed by atoms with E-state index in [0.717, 1.165) is 28.1 Å². The van der Waals surface area contributed by atoms with Crippen LogP contribution in [0.2, 0.25) is 0 Å². The van der Waals surface area contributed by atoms with E-state index < -0.39 is 17.4 Å². The van der Waals surface area contributed by atoms with Gasteiger partial charge in [-0.3, -0.25) is 9.59 Å². The average Bonchev–Trinajstić information content (AvgIpc) is 3.54. The number of carbonyl (C=O) groups excluding carboxylic acids is 2. The number of carbonyl (C=O) groups is 2. The van der Waals surface area contributed by atoms with Crippen molar-refractivity contribution in [1.29, 1.82) is 0 Å². The van der Waals surface area contributed by atoms with E-state index in [9.17, 15) is 9.59 Å². The highest BCUT2D eigenvalue weighted by Gasteiger charge is 2.54. The van der Waals surface area contributed by atoms with E-state index in [4.69, 9.17) is 4.98 Å². The second-order valence-electron chi connectivity index (χ2n) is 10.2. The third kappa shape index (κ3) is 3.43. The lowest BCUT2D eigenvalue weighted by molar-refractivity contribution is -0.122. The molecule has 1 saturated heterocycles. The Morgan fingerprint density at radius 2 is 1.13 bits per heavy atom. The highest BCUT2D eigenvalue weighted by atomic mass is 16.2. The zero-order valence-corrected chi connectivity index (χ0v) is 21.4. The second-order valence-corrected chi connectivity index (χ2v) is 10.2. The van der Waals surface area contributed by atoms with Gasteiger partial charge in [0.05, 0.1) is 35.2 Å². The molecule has 0 bridgehead atoms. The van der Waals surface area contributed by atoms with Crippen LogP contribution in [0.25, 0.3) is 0 Å². The number of amides is 2. The first-order valence-electron chi connectivity index (χ1n) is 13.4. The predicted molar refractivity (Wildman–Crippen MR) is 150 cm³/mol. The molecule has 0 radical (unpaired) electrons. The first kappa shape index (κ1) is 23.4. The standard InChI is InChI=1S/C34H27N3O2/c38-32-28-21-22-29-31(30(28)33(39)37(32)27-19-11-4-12-20-27)36(23-35-29)34(24-13-5-1-6-14-24,25-15-7-2-8-16-25)26-17-9-3-10-18-26/h1-20,23,28,30H,21-22H2. The Bertz CT molecular complexity index is 1550. The van der Waals surface area contributed by atoms with Gasteiger partial charge in [-0.2, -0.15) is 0 Å². The normalized spacial score (nSPS) is 18.6. The van der Waals surface area contributed by atoms with Crippen LogP contribution < -0.4 is 4.90 Å². The number of aromatic nitrogens is 2. The van der Waals surface area contributed by atoms with Gasteiger partial charge in [0.2, 0.25) is 11.8 Å². The molecule has 5 heteroatoms. The largest absolute Gasteiger partial charge is 0.315 e. The van der Waals surface area contributed by atoms with E-state index in [-0.39, 0.29) is 11.8 Å². The minimum absolute atomic E-state index is 0.126. The molecule has 0 saturated carbocycles. The van der Waals surface area contributed by atoms with Gasteiger partial charge in [-0.25, -0.2) is 9.88 Å². The number of hydrogen-bond acceptors (Lipinski definition) is 3. The lowest BCUT2D eigenvalue weighted by atomic mass is 9.74. The number of benzene rings is 4. The molecule has 2 amide bonds. The van der Waals surface area contributed by atoms with E-state index in [2.05, 4.69) is 41.0 Å². The van der Waals surface area contributed by atoms with Crippen molar-refractivity contribution in [3.63, 3.8) is 0 Å². The van der Waals surface area contributed by atoms with Gasteiger partial charge in [-0.05, 0) is 41.7 Å². The van der Waals surface area contributed by atoms with Crippen molar-refractivity contribution < 1.29 is 9.59 Å². The summed E-state index contributed by atoms with van der Waals surface area (Å²) in [5.41, 5.74) is 4.72. The molecule has 2 unspecified atom stereocenters. The average molecular weight is 510 g/mol. The third-order valence-corrected chi connectivity index (χ3v) is 8.25. The Morgan fingerprint density at radius 3 is 1.64 bits per heavy atom. The summed E-state index contributed by atoms with van der Waals surface area (Å²) in [5, 5.41) is 0. The molecule has 39 heavy (non-hydrogen) atoms. The molecule has 7 rings (SSSR count). The van der Waals surface area contributed by atoms with Crippen molar-refractivity contribution in [1.82, 2.24) is 9.55 Å². The number of imidazole rings is 1. The zero-order chi connectivity index (χ0) is 26.4. The fraction of sp³-hybridized carbons (Fsp3) is 0.147. The van der Waals surface area contributed by atoms with Crippen molar-refractivity contribution in [2.24, 2.45) is 5.92 Å². The molecule has 0 spiro atoms. The van der Waals surface area contributed by atoms with Crippen molar-refractivity contribution in [2.45, 2.75) is 24.3 Å². The van der Waals surface area contributed by atoms with Crippen LogP contribution in [0.1, 0.15) is 40.4 Å². The predicted octanol–water partition coefficient (Wildman–Crippen LogP) is 5.94. The maximum absolute atomic E-state index is 14.2. The molecule has 1 aliphatic carbocycles. The summed E-state index contributed by atoms with van der Waals surface area (Å²) in [4.78, 5) is 34.2. The summed E-state index contributed by atoms with van der Waals surface area (Å²) >= 11 is 0. The molecule has 1 fully saturated rings. The van der Waals surface area contributed by atoms with Gasteiger partial charge in [0.1, 0.15) is 5.54 Å². The quantitative estimate of drug-likeness (QED) is 0.218. The lowest BCUT2D eigenvalue weighted by Crippen LogP contribution is -2.40. The highest BCUT2D eigenvalue weighted by molar-refractivity contribution is 6.24. The fourth-order valence-corrected chi connectivity index (χ4v) is 6.59. The molecule has 1 aromatic heterocycles. The molecule has 1 aliphatic heterocycles. The monoisotopic (exact) mass is 509 g/mol. The van der Waals surface area contributed by atoms with E-state index in [0.29, 0.717) is 18.5 Å². The van der Waals surface area contributed by atoms with Gasteiger partial charge in [0.25, 0.3) is 0 Å². The number of fused-ring (bicyclic) bond motifs is 3. The van der Waals surface area contributed by atoms with Crippen LogP contribution in [0.15, 0.2) is 128 Å². The smallest absolute Gasteiger partial charge is 0.243 e. The third-order valence-electron chi connectivity index (χ3n) is 8.25. The minimum atomic E-state index is -0.796. The van der Waals surface area contributed by atoms with Crippen LogP contribution in [-0.4, -0.2) is 21.4 Å². The SMILES string of the molecule is O=C1C2CCc3ncn(C(c4ccccc4)(c4ccccc4)c4ccccc4)c3C2C(=O)N1c1ccccc1. The number of hydrogen-bond donors (Lipinski definition) is 0. The number of imide groups is 1. The molecule has 2 heterocycles. The van der Waals surface area contributed by atoms with Crippen LogP contribution >= 0.6 is 0 Å². The van der Waals surface area contributed by atoms with Crippen LogP contribution in [0.4, 0.5) is 5.69 Å². The molecule has 0 N–H and O–H groups in total. The van der Waals surface area contributed by atoms with Crippen molar-refractivity contribution in [3.8, 4) is 0 Å². The molecule has 4 aromatic carbocycles. The summed E-state index contributed by atoms with van der Waals surface area (Å²) in [6, 6.07) is 40.4. The van der Waals surface area contributed by atoms with Gasteiger partial charge in [-0.15, -0.1) is 0 Å². The highest BCUT2D eigenvalue weighted by Crippen LogP contribution is 2.49. The van der Waals surface area contributed by atoms with Crippen LogP contribution in [0.5, 0.6) is 0 Å². The Morgan fingerprint density at radius 1 is 0.641 bits per heavy atom. The summed E-state index contributed by atoms with van der Waals surface area (Å²) < 4.78 is 2.18. The Balaban J connectivity index is 1.51. The first-order chi connectivity index (χ1) is 19.2. The first-order valence-corrected chi connectivity index (χ1v) is 13.4. The van der Waals surface area contributed by atoms with Crippen molar-refractivity contribution in [3.05, 3.63) is 156 Å². The second kappa shape index (κ2) is 9.21. The molecular weight excluding hydrogens is 482 g/mol. The Labute approximate surface area is 227 Å².